The molecule has 0 fully saturated rings. The van der Waals surface area contributed by atoms with E-state index in [4.69, 9.17) is 9.72 Å². The van der Waals surface area contributed by atoms with Crippen LogP contribution in [-0.2, 0) is 39.5 Å². The molecule has 1 aromatic carbocycles. The maximum atomic E-state index is 15.0. The molecule has 3 atom stereocenters. The van der Waals surface area contributed by atoms with E-state index in [0.29, 0.717) is 34.2 Å². The normalized spacial score (nSPS) is 21.9. The Labute approximate surface area is 239 Å². The molecule has 2 N–H and O–H groups in total. The summed E-state index contributed by atoms with van der Waals surface area (Å²) in [6, 6.07) is 2.65. The zero-order valence-corrected chi connectivity index (χ0v) is 24.7. The largest absolute Gasteiger partial charge is 0.458 e. The van der Waals surface area contributed by atoms with E-state index in [9.17, 15) is 19.5 Å². The van der Waals surface area contributed by atoms with Crippen LogP contribution in [0.2, 0.25) is 0 Å². The van der Waals surface area contributed by atoms with Crippen LogP contribution in [0, 0.1) is 17.2 Å². The molecular formula is C30H31BrFN3O5. The van der Waals surface area contributed by atoms with Crippen molar-refractivity contribution in [2.24, 2.45) is 11.3 Å². The number of esters is 1. The summed E-state index contributed by atoms with van der Waals surface area (Å²) in [5, 5.41) is 15.2. The van der Waals surface area contributed by atoms with Crippen molar-refractivity contribution in [2.45, 2.75) is 78.7 Å². The summed E-state index contributed by atoms with van der Waals surface area (Å²) in [6.07, 6.45) is 1.14. The first-order valence-electron chi connectivity index (χ1n) is 13.6. The van der Waals surface area contributed by atoms with E-state index in [2.05, 4.69) is 21.2 Å². The van der Waals surface area contributed by atoms with Crippen molar-refractivity contribution in [1.82, 2.24) is 14.9 Å². The molecule has 0 bridgehead atoms. The predicted molar refractivity (Wildman–Crippen MR) is 150 cm³/mol. The number of nitrogens with one attached hydrogen (secondary N) is 1. The summed E-state index contributed by atoms with van der Waals surface area (Å²) < 4.78 is 22.2. The number of aryl methyl sites for hydroxylation is 1. The van der Waals surface area contributed by atoms with Crippen molar-refractivity contribution in [3.05, 3.63) is 60.6 Å². The van der Waals surface area contributed by atoms with Gasteiger partial charge in [-0.15, -0.1) is 0 Å². The van der Waals surface area contributed by atoms with Gasteiger partial charge in [0.15, 0.2) is 5.60 Å². The quantitative estimate of drug-likeness (QED) is 0.323. The van der Waals surface area contributed by atoms with Crippen LogP contribution in [0.1, 0.15) is 81.3 Å². The Hall–Kier alpha value is -3.11. The number of amides is 1. The fourth-order valence-electron chi connectivity index (χ4n) is 6.19. The van der Waals surface area contributed by atoms with Gasteiger partial charge < -0.3 is 19.7 Å². The molecule has 3 aromatic rings. The Kier molecular flexibility index (Phi) is 6.06. The van der Waals surface area contributed by atoms with Gasteiger partial charge in [-0.3, -0.25) is 9.59 Å². The van der Waals surface area contributed by atoms with Gasteiger partial charge in [0.25, 0.3) is 5.56 Å². The summed E-state index contributed by atoms with van der Waals surface area (Å²) >= 11 is 3.42. The summed E-state index contributed by atoms with van der Waals surface area (Å²) in [5.41, 5.74) is 1.65. The maximum absolute atomic E-state index is 15.0. The number of ether oxygens (including phenoxy) is 1. The number of rotatable bonds is 3. The number of carbonyl (C=O) groups is 2. The molecule has 8 nitrogen and oxygen atoms in total. The lowest BCUT2D eigenvalue weighted by molar-refractivity contribution is -0.172. The fraction of sp³-hybridized carbons (Fsp3) is 0.467. The molecule has 0 unspecified atom stereocenters. The number of aromatic nitrogens is 2. The van der Waals surface area contributed by atoms with E-state index < -0.39 is 17.4 Å². The Morgan fingerprint density at radius 1 is 1.30 bits per heavy atom. The second kappa shape index (κ2) is 8.94. The minimum atomic E-state index is -1.94. The third-order valence-electron chi connectivity index (χ3n) is 9.05. The molecule has 1 amide bonds. The average Bonchev–Trinajstić information content (AvgIpc) is 3.27. The van der Waals surface area contributed by atoms with Crippen LogP contribution in [-0.4, -0.2) is 26.5 Å². The van der Waals surface area contributed by atoms with Crippen LogP contribution in [0.15, 0.2) is 21.4 Å². The average molecular weight is 612 g/mol. The van der Waals surface area contributed by atoms with Gasteiger partial charge in [-0.25, -0.2) is 14.2 Å². The second-order valence-electron chi connectivity index (χ2n) is 12.2. The molecule has 2 aromatic heterocycles. The number of hydrogen-bond acceptors (Lipinski definition) is 6. The van der Waals surface area contributed by atoms with Crippen LogP contribution >= 0.6 is 15.9 Å². The van der Waals surface area contributed by atoms with Gasteiger partial charge in [0, 0.05) is 28.5 Å². The summed E-state index contributed by atoms with van der Waals surface area (Å²) in [6.45, 7) is 9.59. The van der Waals surface area contributed by atoms with Crippen molar-refractivity contribution in [3.63, 3.8) is 0 Å². The lowest BCUT2D eigenvalue weighted by atomic mass is 9.80. The van der Waals surface area contributed by atoms with Crippen molar-refractivity contribution in [3.8, 4) is 11.4 Å². The van der Waals surface area contributed by atoms with Gasteiger partial charge in [0.1, 0.15) is 12.4 Å². The van der Waals surface area contributed by atoms with Crippen LogP contribution in [0.3, 0.4) is 0 Å². The number of halogens is 2. The Morgan fingerprint density at radius 3 is 2.70 bits per heavy atom. The van der Waals surface area contributed by atoms with Gasteiger partial charge in [0.2, 0.25) is 5.91 Å². The van der Waals surface area contributed by atoms with Crippen LogP contribution in [0.5, 0.6) is 0 Å². The van der Waals surface area contributed by atoms with E-state index in [0.717, 1.165) is 22.1 Å². The predicted octanol–water partition coefficient (Wildman–Crippen LogP) is 4.77. The molecule has 10 heteroatoms. The molecule has 1 aliphatic carbocycles. The minimum Gasteiger partial charge on any atom is -0.458 e. The van der Waals surface area contributed by atoms with Crippen LogP contribution in [0.4, 0.5) is 4.39 Å². The smallest absolute Gasteiger partial charge is 0.343 e. The number of aliphatic hydroxyl groups is 1. The SMILES string of the molecule is CC[C@@]1(O)C(=O)OCc2c1cc1n(c2=O)Cc2c-1nc1cc(F)c(Br)c3c1c2[C@@H](NC(=O)[C@H](C)C(C)(C)C)CC3. The molecule has 0 saturated heterocycles. The second-order valence-corrected chi connectivity index (χ2v) is 13.0. The van der Waals surface area contributed by atoms with E-state index in [1.54, 1.807) is 17.6 Å². The van der Waals surface area contributed by atoms with Gasteiger partial charge in [-0.1, -0.05) is 34.6 Å². The van der Waals surface area contributed by atoms with Crippen molar-refractivity contribution >= 4 is 38.7 Å². The number of carbonyl (C=O) groups excluding carboxylic acids is 2. The van der Waals surface area contributed by atoms with Gasteiger partial charge in [-0.2, -0.15) is 0 Å². The number of pyridine rings is 2. The Bertz CT molecular complexity index is 1710. The lowest BCUT2D eigenvalue weighted by Crippen LogP contribution is -2.44. The summed E-state index contributed by atoms with van der Waals surface area (Å²) in [5.74, 6) is -1.56. The minimum absolute atomic E-state index is 0.0354. The van der Waals surface area contributed by atoms with Crippen LogP contribution < -0.4 is 10.9 Å². The molecule has 4 heterocycles. The molecule has 2 aliphatic heterocycles. The van der Waals surface area contributed by atoms with Crippen LogP contribution in [0.25, 0.3) is 22.3 Å². The first-order valence-corrected chi connectivity index (χ1v) is 14.4. The number of benzene rings is 1. The first kappa shape index (κ1) is 27.1. The molecular weight excluding hydrogens is 581 g/mol. The zero-order valence-electron chi connectivity index (χ0n) is 23.1. The van der Waals surface area contributed by atoms with Crippen molar-refractivity contribution < 1.29 is 23.8 Å². The van der Waals surface area contributed by atoms with E-state index >= 15 is 4.39 Å². The molecule has 6 rings (SSSR count). The van der Waals surface area contributed by atoms with Crippen molar-refractivity contribution in [1.29, 1.82) is 0 Å². The highest BCUT2D eigenvalue weighted by atomic mass is 79.9. The number of hydrogen-bond donors (Lipinski definition) is 2. The molecule has 3 aliphatic rings. The number of fused-ring (bicyclic) bond motifs is 5. The standard InChI is InChI=1S/C30H31BrFN3O5/c1-6-30(39)17-9-21-25-15(11-35(21)27(37)16(17)12-40-28(30)38)23-19(34-26(36)13(2)29(3,4)5)8-7-14-22(23)20(33-25)10-18(32)24(14)31/h9-10,13,19,39H,6-8,11-12H2,1-5H3,(H,34,36)/t13-,19-,30-/m0/s1. The van der Waals surface area contributed by atoms with E-state index in [1.165, 1.54) is 6.07 Å². The van der Waals surface area contributed by atoms with Gasteiger partial charge in [0.05, 0.1) is 39.5 Å². The summed E-state index contributed by atoms with van der Waals surface area (Å²) in [4.78, 5) is 44.5. The fourth-order valence-corrected chi connectivity index (χ4v) is 6.70. The molecule has 0 radical (unpaired) electrons. The summed E-state index contributed by atoms with van der Waals surface area (Å²) in [7, 11) is 0. The van der Waals surface area contributed by atoms with E-state index in [1.807, 2.05) is 27.7 Å². The Morgan fingerprint density at radius 2 is 2.02 bits per heavy atom. The lowest BCUT2D eigenvalue weighted by Gasteiger charge is -2.32. The number of nitrogens with zero attached hydrogens (tertiary/aromatic N) is 2. The highest BCUT2D eigenvalue weighted by Gasteiger charge is 2.46. The molecule has 0 spiro atoms. The van der Waals surface area contributed by atoms with E-state index in [-0.39, 0.29) is 59.5 Å². The van der Waals surface area contributed by atoms with Gasteiger partial charge >= 0.3 is 5.97 Å². The van der Waals surface area contributed by atoms with Gasteiger partial charge in [-0.05, 0) is 57.8 Å². The van der Waals surface area contributed by atoms with Crippen molar-refractivity contribution in [2.75, 3.05) is 0 Å². The maximum Gasteiger partial charge on any atom is 0.343 e. The third-order valence-corrected chi connectivity index (χ3v) is 9.91. The third kappa shape index (κ3) is 3.71. The number of cyclic esters (lactones) is 1. The molecule has 210 valence electrons. The highest BCUT2D eigenvalue weighted by Crippen LogP contribution is 2.47. The molecule has 0 saturated carbocycles. The zero-order chi connectivity index (χ0) is 28.9. The topological polar surface area (TPSA) is 111 Å². The molecule has 40 heavy (non-hydrogen) atoms. The monoisotopic (exact) mass is 611 g/mol. The highest BCUT2D eigenvalue weighted by molar-refractivity contribution is 9.10. The first-order chi connectivity index (χ1) is 18.8. The Balaban J connectivity index is 1.60.